The SMILES string of the molecule is CN=CCc1ccccc1Cl.CNC. The Kier molecular flexibility index (Phi) is 8.19. The lowest BCUT2D eigenvalue weighted by atomic mass is 10.2. The maximum absolute atomic E-state index is 5.90. The van der Waals surface area contributed by atoms with Crippen LogP contribution in [0.1, 0.15) is 5.56 Å². The van der Waals surface area contributed by atoms with E-state index < -0.39 is 0 Å². The van der Waals surface area contributed by atoms with Gasteiger partial charge in [0, 0.05) is 24.7 Å². The first kappa shape index (κ1) is 13.1. The van der Waals surface area contributed by atoms with E-state index in [2.05, 4.69) is 10.3 Å². The Bertz CT molecular complexity index is 272. The fourth-order valence-electron chi connectivity index (χ4n) is 0.854. The number of nitrogens with zero attached hydrogens (tertiary/aromatic N) is 1. The molecule has 0 aliphatic rings. The molecule has 0 fully saturated rings. The predicted molar refractivity (Wildman–Crippen MR) is 64.6 cm³/mol. The van der Waals surface area contributed by atoms with Crippen molar-refractivity contribution in [1.29, 1.82) is 0 Å². The van der Waals surface area contributed by atoms with E-state index in [1.54, 1.807) is 7.05 Å². The summed E-state index contributed by atoms with van der Waals surface area (Å²) in [6, 6.07) is 7.80. The highest BCUT2D eigenvalue weighted by Gasteiger charge is 1.94. The zero-order chi connectivity index (χ0) is 10.8. The zero-order valence-electron chi connectivity index (χ0n) is 8.92. The minimum absolute atomic E-state index is 0.812. The van der Waals surface area contributed by atoms with Crippen LogP contribution in [0.25, 0.3) is 0 Å². The molecule has 0 unspecified atom stereocenters. The van der Waals surface area contributed by atoms with Gasteiger partial charge in [0.05, 0.1) is 0 Å². The molecule has 14 heavy (non-hydrogen) atoms. The first-order valence-electron chi connectivity index (χ1n) is 4.48. The maximum atomic E-state index is 5.90. The van der Waals surface area contributed by atoms with Crippen molar-refractivity contribution in [3.8, 4) is 0 Å². The quantitative estimate of drug-likeness (QED) is 0.749. The number of hydrogen-bond donors (Lipinski definition) is 1. The highest BCUT2D eigenvalue weighted by atomic mass is 35.5. The monoisotopic (exact) mass is 212 g/mol. The second kappa shape index (κ2) is 8.73. The Morgan fingerprint density at radius 3 is 2.43 bits per heavy atom. The number of halogens is 1. The lowest BCUT2D eigenvalue weighted by molar-refractivity contribution is 1.02. The molecule has 0 bridgehead atoms. The van der Waals surface area contributed by atoms with Gasteiger partial charge >= 0.3 is 0 Å². The topological polar surface area (TPSA) is 24.4 Å². The van der Waals surface area contributed by atoms with Crippen LogP contribution in [0.3, 0.4) is 0 Å². The van der Waals surface area contributed by atoms with E-state index in [9.17, 15) is 0 Å². The molecule has 0 aliphatic heterocycles. The van der Waals surface area contributed by atoms with Gasteiger partial charge in [0.2, 0.25) is 0 Å². The summed E-state index contributed by atoms with van der Waals surface area (Å²) in [4.78, 5) is 3.89. The summed E-state index contributed by atoms with van der Waals surface area (Å²) >= 11 is 5.90. The van der Waals surface area contributed by atoms with Crippen molar-refractivity contribution in [3.63, 3.8) is 0 Å². The molecule has 78 valence electrons. The Hall–Kier alpha value is -0.860. The van der Waals surface area contributed by atoms with Crippen LogP contribution >= 0.6 is 11.6 Å². The molecule has 0 saturated carbocycles. The minimum Gasteiger partial charge on any atom is -0.323 e. The molecule has 0 saturated heterocycles. The summed E-state index contributed by atoms with van der Waals surface area (Å²) in [5, 5.41) is 3.56. The van der Waals surface area contributed by atoms with E-state index in [0.29, 0.717) is 0 Å². The third-order valence-corrected chi connectivity index (χ3v) is 1.82. The van der Waals surface area contributed by atoms with Gasteiger partial charge in [-0.1, -0.05) is 29.8 Å². The van der Waals surface area contributed by atoms with Crippen molar-refractivity contribution in [2.24, 2.45) is 4.99 Å². The van der Waals surface area contributed by atoms with Crippen LogP contribution in [0, 0.1) is 0 Å². The Morgan fingerprint density at radius 1 is 1.36 bits per heavy atom. The van der Waals surface area contributed by atoms with E-state index in [-0.39, 0.29) is 0 Å². The molecule has 0 heterocycles. The lowest BCUT2D eigenvalue weighted by Gasteiger charge is -1.97. The third kappa shape index (κ3) is 5.73. The first-order chi connectivity index (χ1) is 6.76. The highest BCUT2D eigenvalue weighted by Crippen LogP contribution is 2.14. The van der Waals surface area contributed by atoms with Gasteiger partial charge in [-0.25, -0.2) is 0 Å². The molecule has 0 spiro atoms. The number of nitrogens with one attached hydrogen (secondary N) is 1. The van der Waals surface area contributed by atoms with Gasteiger partial charge < -0.3 is 10.3 Å². The van der Waals surface area contributed by atoms with Crippen LogP contribution in [0.4, 0.5) is 0 Å². The molecule has 1 N–H and O–H groups in total. The van der Waals surface area contributed by atoms with Gasteiger partial charge in [-0.2, -0.15) is 0 Å². The van der Waals surface area contributed by atoms with Crippen molar-refractivity contribution >= 4 is 17.8 Å². The summed E-state index contributed by atoms with van der Waals surface area (Å²) < 4.78 is 0. The van der Waals surface area contributed by atoms with E-state index in [1.807, 2.05) is 44.6 Å². The number of rotatable bonds is 2. The molecule has 1 aromatic carbocycles. The fraction of sp³-hybridized carbons (Fsp3) is 0.364. The Labute approximate surface area is 91.0 Å². The van der Waals surface area contributed by atoms with Gasteiger partial charge in [-0.05, 0) is 25.7 Å². The highest BCUT2D eigenvalue weighted by molar-refractivity contribution is 6.31. The predicted octanol–water partition coefficient (Wildman–Crippen LogP) is 2.42. The normalized spacial score (nSPS) is 9.71. The molecule has 0 aromatic heterocycles. The first-order valence-corrected chi connectivity index (χ1v) is 4.86. The zero-order valence-corrected chi connectivity index (χ0v) is 9.67. The summed E-state index contributed by atoms with van der Waals surface area (Å²) in [5.74, 6) is 0. The number of aliphatic imine (C=N–C) groups is 1. The van der Waals surface area contributed by atoms with E-state index in [0.717, 1.165) is 17.0 Å². The second-order valence-corrected chi connectivity index (χ2v) is 3.14. The minimum atomic E-state index is 0.812. The third-order valence-electron chi connectivity index (χ3n) is 1.45. The second-order valence-electron chi connectivity index (χ2n) is 2.74. The Balaban J connectivity index is 0.000000500. The molecule has 2 nitrogen and oxygen atoms in total. The van der Waals surface area contributed by atoms with Crippen LogP contribution in [0.15, 0.2) is 29.3 Å². The van der Waals surface area contributed by atoms with Gasteiger partial charge in [0.15, 0.2) is 0 Å². The summed E-state index contributed by atoms with van der Waals surface area (Å²) in [6.07, 6.45) is 2.66. The van der Waals surface area contributed by atoms with Crippen molar-refractivity contribution in [3.05, 3.63) is 34.9 Å². The summed E-state index contributed by atoms with van der Waals surface area (Å²) in [7, 11) is 5.51. The molecule has 1 rings (SSSR count). The van der Waals surface area contributed by atoms with Gasteiger partial charge in [-0.3, -0.25) is 0 Å². The summed E-state index contributed by atoms with van der Waals surface area (Å²) in [6.45, 7) is 0. The van der Waals surface area contributed by atoms with E-state index in [1.165, 1.54) is 0 Å². The standard InChI is InChI=1S/C9H10ClN.C2H7N/c1-11-7-6-8-4-2-3-5-9(8)10;1-3-2/h2-5,7H,6H2,1H3;3H,1-2H3. The molecule has 1 aromatic rings. The molecule has 0 amide bonds. The molecule has 0 radical (unpaired) electrons. The van der Waals surface area contributed by atoms with Crippen LogP contribution in [-0.4, -0.2) is 27.4 Å². The van der Waals surface area contributed by atoms with E-state index in [4.69, 9.17) is 11.6 Å². The molecule has 0 atom stereocenters. The van der Waals surface area contributed by atoms with Crippen LogP contribution < -0.4 is 5.32 Å². The average molecular weight is 213 g/mol. The van der Waals surface area contributed by atoms with Crippen molar-refractivity contribution < 1.29 is 0 Å². The largest absolute Gasteiger partial charge is 0.323 e. The Morgan fingerprint density at radius 2 is 1.93 bits per heavy atom. The summed E-state index contributed by atoms with van der Waals surface area (Å²) in [5.41, 5.74) is 1.12. The number of hydrogen-bond acceptors (Lipinski definition) is 2. The molecular weight excluding hydrogens is 196 g/mol. The van der Waals surface area contributed by atoms with Crippen LogP contribution in [-0.2, 0) is 6.42 Å². The average Bonchev–Trinajstić information content (AvgIpc) is 2.18. The maximum Gasteiger partial charge on any atom is 0.0441 e. The number of benzene rings is 1. The fourth-order valence-corrected chi connectivity index (χ4v) is 1.07. The molecule has 0 aliphatic carbocycles. The van der Waals surface area contributed by atoms with Gasteiger partial charge in [0.1, 0.15) is 0 Å². The van der Waals surface area contributed by atoms with Gasteiger partial charge in [0.25, 0.3) is 0 Å². The smallest absolute Gasteiger partial charge is 0.0441 e. The van der Waals surface area contributed by atoms with Crippen LogP contribution in [0.2, 0.25) is 5.02 Å². The van der Waals surface area contributed by atoms with Crippen LogP contribution in [0.5, 0.6) is 0 Å². The van der Waals surface area contributed by atoms with Crippen molar-refractivity contribution in [2.45, 2.75) is 6.42 Å². The molecular formula is C11H17ClN2. The van der Waals surface area contributed by atoms with Gasteiger partial charge in [-0.15, -0.1) is 0 Å². The van der Waals surface area contributed by atoms with Crippen molar-refractivity contribution in [1.82, 2.24) is 5.32 Å². The molecule has 3 heteroatoms. The van der Waals surface area contributed by atoms with E-state index >= 15 is 0 Å². The lowest BCUT2D eigenvalue weighted by Crippen LogP contribution is -1.89. The van der Waals surface area contributed by atoms with Crippen molar-refractivity contribution in [2.75, 3.05) is 21.1 Å².